The van der Waals surface area contributed by atoms with E-state index >= 15 is 0 Å². The number of hydrogen-bond acceptors (Lipinski definition) is 4. The summed E-state index contributed by atoms with van der Waals surface area (Å²) in [4.78, 5) is 21.7. The summed E-state index contributed by atoms with van der Waals surface area (Å²) in [5.41, 5.74) is 6.49. The smallest absolute Gasteiger partial charge is 0.256 e. The van der Waals surface area contributed by atoms with E-state index in [0.29, 0.717) is 12.1 Å². The Hall–Kier alpha value is -1.49. The molecule has 0 saturated carbocycles. The summed E-state index contributed by atoms with van der Waals surface area (Å²) in [5.74, 6) is 0.0182. The maximum absolute atomic E-state index is 12.1. The van der Waals surface area contributed by atoms with Crippen LogP contribution in [-0.2, 0) is 0 Å². The van der Waals surface area contributed by atoms with E-state index in [1.54, 1.807) is 12.4 Å². The van der Waals surface area contributed by atoms with Crippen molar-refractivity contribution in [3.05, 3.63) is 24.3 Å². The van der Waals surface area contributed by atoms with Gasteiger partial charge in [0.25, 0.3) is 5.91 Å². The van der Waals surface area contributed by atoms with E-state index in [4.69, 9.17) is 5.73 Å². The van der Waals surface area contributed by atoms with Gasteiger partial charge in [0.15, 0.2) is 0 Å². The van der Waals surface area contributed by atoms with Gasteiger partial charge in [0, 0.05) is 25.5 Å². The summed E-state index contributed by atoms with van der Waals surface area (Å²) in [5, 5.41) is 0. The van der Waals surface area contributed by atoms with Crippen LogP contribution in [0.2, 0.25) is 0 Å². The normalized spacial score (nSPS) is 19.1. The van der Waals surface area contributed by atoms with Crippen molar-refractivity contribution < 1.29 is 4.79 Å². The zero-order chi connectivity index (χ0) is 12.3. The third kappa shape index (κ3) is 2.61. The first-order valence-corrected chi connectivity index (χ1v) is 5.89. The molecular formula is C12H18N4O. The van der Waals surface area contributed by atoms with Crippen molar-refractivity contribution in [2.75, 3.05) is 19.6 Å². The van der Waals surface area contributed by atoms with Crippen molar-refractivity contribution in [2.45, 2.75) is 19.8 Å². The van der Waals surface area contributed by atoms with Crippen LogP contribution in [0.3, 0.4) is 0 Å². The number of aromatic nitrogens is 2. The van der Waals surface area contributed by atoms with Crippen LogP contribution < -0.4 is 5.73 Å². The van der Waals surface area contributed by atoms with Gasteiger partial charge in [0.2, 0.25) is 0 Å². The molecule has 2 rings (SSSR count). The van der Waals surface area contributed by atoms with Crippen LogP contribution in [0.15, 0.2) is 18.7 Å². The van der Waals surface area contributed by atoms with E-state index in [1.807, 2.05) is 4.90 Å². The van der Waals surface area contributed by atoms with E-state index in [1.165, 1.54) is 6.33 Å². The largest absolute Gasteiger partial charge is 0.339 e. The molecule has 0 aromatic carbocycles. The Balaban J connectivity index is 2.00. The van der Waals surface area contributed by atoms with Crippen LogP contribution in [0, 0.1) is 5.41 Å². The zero-order valence-electron chi connectivity index (χ0n) is 10.1. The molecule has 2 N–H and O–H groups in total. The fourth-order valence-electron chi connectivity index (χ4n) is 2.05. The third-order valence-corrected chi connectivity index (χ3v) is 3.56. The molecule has 1 saturated heterocycles. The second-order valence-electron chi connectivity index (χ2n) is 4.93. The predicted molar refractivity (Wildman–Crippen MR) is 64.3 cm³/mol. The molecule has 0 radical (unpaired) electrons. The summed E-state index contributed by atoms with van der Waals surface area (Å²) in [6, 6.07) is 0. The van der Waals surface area contributed by atoms with E-state index in [2.05, 4.69) is 16.9 Å². The average Bonchev–Trinajstić information content (AvgIpc) is 2.40. The number of carbonyl (C=O) groups excluding carboxylic acids is 1. The van der Waals surface area contributed by atoms with E-state index in [0.717, 1.165) is 25.9 Å². The minimum atomic E-state index is 0.0182. The summed E-state index contributed by atoms with van der Waals surface area (Å²) in [6.45, 7) is 4.40. The van der Waals surface area contributed by atoms with Crippen molar-refractivity contribution in [3.63, 3.8) is 0 Å². The van der Waals surface area contributed by atoms with Gasteiger partial charge in [-0.15, -0.1) is 0 Å². The molecule has 17 heavy (non-hydrogen) atoms. The Morgan fingerprint density at radius 3 is 2.53 bits per heavy atom. The molecule has 1 aromatic rings. The molecule has 0 spiro atoms. The van der Waals surface area contributed by atoms with Gasteiger partial charge in [0.1, 0.15) is 6.33 Å². The molecule has 0 bridgehead atoms. The van der Waals surface area contributed by atoms with Crippen LogP contribution in [0.4, 0.5) is 0 Å². The summed E-state index contributed by atoms with van der Waals surface area (Å²) >= 11 is 0. The lowest BCUT2D eigenvalue weighted by Crippen LogP contribution is -2.44. The second-order valence-corrected chi connectivity index (χ2v) is 4.93. The Labute approximate surface area is 101 Å². The lowest BCUT2D eigenvalue weighted by Gasteiger charge is -2.38. The minimum Gasteiger partial charge on any atom is -0.339 e. The molecule has 0 atom stereocenters. The summed E-state index contributed by atoms with van der Waals surface area (Å²) < 4.78 is 0. The SMILES string of the molecule is CC1(CN)CCN(C(=O)c2cncnc2)CC1. The molecule has 1 amide bonds. The number of carbonyl (C=O) groups is 1. The molecule has 1 aromatic heterocycles. The Morgan fingerprint density at radius 1 is 1.41 bits per heavy atom. The maximum Gasteiger partial charge on any atom is 0.256 e. The fourth-order valence-corrected chi connectivity index (χ4v) is 2.05. The highest BCUT2D eigenvalue weighted by Crippen LogP contribution is 2.29. The fraction of sp³-hybridized carbons (Fsp3) is 0.583. The van der Waals surface area contributed by atoms with Gasteiger partial charge in [-0.2, -0.15) is 0 Å². The van der Waals surface area contributed by atoms with Gasteiger partial charge in [-0.05, 0) is 24.8 Å². The molecule has 2 heterocycles. The molecule has 0 unspecified atom stereocenters. The number of hydrogen-bond donors (Lipinski definition) is 1. The Morgan fingerprint density at radius 2 is 2.00 bits per heavy atom. The van der Waals surface area contributed by atoms with Crippen molar-refractivity contribution in [1.82, 2.24) is 14.9 Å². The van der Waals surface area contributed by atoms with Gasteiger partial charge in [-0.1, -0.05) is 6.92 Å². The zero-order valence-corrected chi connectivity index (χ0v) is 10.1. The van der Waals surface area contributed by atoms with Crippen molar-refractivity contribution in [1.29, 1.82) is 0 Å². The number of piperidine rings is 1. The molecule has 1 aliphatic heterocycles. The van der Waals surface area contributed by atoms with Crippen LogP contribution in [0.25, 0.3) is 0 Å². The number of amides is 1. The van der Waals surface area contributed by atoms with Gasteiger partial charge >= 0.3 is 0 Å². The first-order valence-electron chi connectivity index (χ1n) is 5.89. The highest BCUT2D eigenvalue weighted by molar-refractivity contribution is 5.93. The van der Waals surface area contributed by atoms with E-state index in [9.17, 15) is 4.79 Å². The monoisotopic (exact) mass is 234 g/mol. The standard InChI is InChI=1S/C12H18N4O/c1-12(8-13)2-4-16(5-3-12)11(17)10-6-14-9-15-7-10/h6-7,9H,2-5,8,13H2,1H3. The third-order valence-electron chi connectivity index (χ3n) is 3.56. The van der Waals surface area contributed by atoms with Crippen LogP contribution in [0.5, 0.6) is 0 Å². The Kier molecular flexibility index (Phi) is 3.38. The van der Waals surface area contributed by atoms with Gasteiger partial charge < -0.3 is 10.6 Å². The molecule has 0 aliphatic carbocycles. The molecule has 5 nitrogen and oxygen atoms in total. The topological polar surface area (TPSA) is 72.1 Å². The summed E-state index contributed by atoms with van der Waals surface area (Å²) in [6.07, 6.45) is 6.47. The van der Waals surface area contributed by atoms with Gasteiger partial charge in [-0.3, -0.25) is 4.79 Å². The van der Waals surface area contributed by atoms with Gasteiger partial charge in [-0.25, -0.2) is 9.97 Å². The molecule has 1 fully saturated rings. The van der Waals surface area contributed by atoms with Gasteiger partial charge in [0.05, 0.1) is 5.56 Å². The lowest BCUT2D eigenvalue weighted by molar-refractivity contribution is 0.0616. The van der Waals surface area contributed by atoms with Crippen molar-refractivity contribution in [3.8, 4) is 0 Å². The van der Waals surface area contributed by atoms with Crippen LogP contribution >= 0.6 is 0 Å². The summed E-state index contributed by atoms with van der Waals surface area (Å²) in [7, 11) is 0. The van der Waals surface area contributed by atoms with E-state index in [-0.39, 0.29) is 11.3 Å². The first kappa shape index (κ1) is 12.0. The lowest BCUT2D eigenvalue weighted by atomic mass is 9.80. The highest BCUT2D eigenvalue weighted by atomic mass is 16.2. The average molecular weight is 234 g/mol. The van der Waals surface area contributed by atoms with Crippen molar-refractivity contribution in [2.24, 2.45) is 11.1 Å². The van der Waals surface area contributed by atoms with Crippen LogP contribution in [0.1, 0.15) is 30.1 Å². The highest BCUT2D eigenvalue weighted by Gasteiger charge is 2.30. The maximum atomic E-state index is 12.1. The second kappa shape index (κ2) is 4.79. The first-order chi connectivity index (χ1) is 8.14. The predicted octanol–water partition coefficient (Wildman–Crippen LogP) is 0.678. The number of rotatable bonds is 2. The van der Waals surface area contributed by atoms with Crippen molar-refractivity contribution >= 4 is 5.91 Å². The quantitative estimate of drug-likeness (QED) is 0.816. The number of likely N-dealkylation sites (tertiary alicyclic amines) is 1. The molecular weight excluding hydrogens is 216 g/mol. The number of nitrogens with two attached hydrogens (primary N) is 1. The molecule has 92 valence electrons. The number of nitrogens with zero attached hydrogens (tertiary/aromatic N) is 3. The Bertz CT molecular complexity index is 385. The minimum absolute atomic E-state index is 0.0182. The van der Waals surface area contributed by atoms with Crippen LogP contribution in [-0.4, -0.2) is 40.4 Å². The van der Waals surface area contributed by atoms with E-state index < -0.39 is 0 Å². The molecule has 5 heteroatoms. The molecule has 1 aliphatic rings.